The van der Waals surface area contributed by atoms with Crippen molar-refractivity contribution in [3.63, 3.8) is 0 Å². The molecule has 3 heteroatoms. The molecule has 0 N–H and O–H groups in total. The maximum absolute atomic E-state index is 6.07. The van der Waals surface area contributed by atoms with E-state index in [1.54, 1.807) is 8.93 Å². The van der Waals surface area contributed by atoms with Gasteiger partial charge in [0.25, 0.3) is 0 Å². The molecule has 0 atom stereocenters. The van der Waals surface area contributed by atoms with Crippen LogP contribution >= 0.6 is 30.1 Å². The molecule has 0 aromatic heterocycles. The van der Waals surface area contributed by atoms with E-state index in [9.17, 15) is 0 Å². The van der Waals surface area contributed by atoms with Crippen molar-refractivity contribution in [1.29, 1.82) is 0 Å². The lowest BCUT2D eigenvalue weighted by Crippen LogP contribution is -2.26. The van der Waals surface area contributed by atoms with Crippen molar-refractivity contribution in [3.05, 3.63) is 36.0 Å². The second-order valence-corrected chi connectivity index (χ2v) is 5.95. The van der Waals surface area contributed by atoms with Gasteiger partial charge in [-0.15, -0.1) is 0 Å². The molecule has 0 spiro atoms. The molecule has 0 radical (unpaired) electrons. The fraction of sp³-hybridized carbons (Fsp3) is 0.571. The Labute approximate surface area is 122 Å². The summed E-state index contributed by atoms with van der Waals surface area (Å²) in [5.74, 6) is 0. The van der Waals surface area contributed by atoms with Gasteiger partial charge in [0.2, 0.25) is 0 Å². The van der Waals surface area contributed by atoms with Gasteiger partial charge in [-0.05, 0) is 53.5 Å². The molecular formula is C14H23IOS. The Morgan fingerprint density at radius 3 is 2.29 bits per heavy atom. The van der Waals surface area contributed by atoms with Gasteiger partial charge in [-0.2, -0.15) is 0 Å². The molecule has 0 aromatic rings. The smallest absolute Gasteiger partial charge is 0.123 e. The number of hydrogen-bond acceptors (Lipinski definition) is 2. The molecule has 0 aliphatic rings. The quantitative estimate of drug-likeness (QED) is 0.310. The fourth-order valence-electron chi connectivity index (χ4n) is 1.32. The number of rotatable bonds is 8. The van der Waals surface area contributed by atoms with Gasteiger partial charge in [-0.25, -0.2) is 0 Å². The van der Waals surface area contributed by atoms with Crippen LogP contribution in [0.25, 0.3) is 0 Å². The molecule has 0 aliphatic carbocycles. The van der Waals surface area contributed by atoms with Crippen molar-refractivity contribution < 1.29 is 4.74 Å². The molecule has 0 saturated heterocycles. The molecule has 0 amide bonds. The second kappa shape index (κ2) is 10.2. The zero-order valence-electron chi connectivity index (χ0n) is 11.2. The van der Waals surface area contributed by atoms with Crippen LogP contribution in [0.1, 0.15) is 40.5 Å². The van der Waals surface area contributed by atoms with E-state index in [0.717, 1.165) is 12.8 Å². The zero-order valence-corrected chi connectivity index (χ0v) is 14.2. The van der Waals surface area contributed by atoms with Crippen molar-refractivity contribution >= 4 is 30.1 Å². The SMILES string of the molecule is C\C=C/C=C\C(=C/C)COC(CC)(CC)SI. The van der Waals surface area contributed by atoms with E-state index in [1.807, 2.05) is 19.1 Å². The zero-order chi connectivity index (χ0) is 13.1. The van der Waals surface area contributed by atoms with Crippen LogP contribution in [0, 0.1) is 0 Å². The maximum Gasteiger partial charge on any atom is 0.123 e. The van der Waals surface area contributed by atoms with Gasteiger partial charge in [0.1, 0.15) is 4.93 Å². The van der Waals surface area contributed by atoms with Gasteiger partial charge >= 0.3 is 0 Å². The molecule has 17 heavy (non-hydrogen) atoms. The first-order valence-electron chi connectivity index (χ1n) is 6.06. The molecule has 0 aromatic carbocycles. The van der Waals surface area contributed by atoms with Crippen LogP contribution in [0.2, 0.25) is 0 Å². The standard InChI is InChI=1S/C14H23IOS/c1-5-9-10-11-13(6-2)12-16-14(7-3,8-4)17-15/h5-6,9-11H,7-8,12H2,1-4H3/b9-5-,11-10-,13-6+. The Hall–Kier alpha value is 0.260. The van der Waals surface area contributed by atoms with Crippen LogP contribution in [0.3, 0.4) is 0 Å². The van der Waals surface area contributed by atoms with Crippen molar-refractivity contribution in [2.24, 2.45) is 0 Å². The average molecular weight is 366 g/mol. The van der Waals surface area contributed by atoms with Crippen LogP contribution in [0.15, 0.2) is 36.0 Å². The first kappa shape index (κ1) is 17.3. The summed E-state index contributed by atoms with van der Waals surface area (Å²) in [6.07, 6.45) is 12.4. The highest BCUT2D eigenvalue weighted by Crippen LogP contribution is 2.38. The third-order valence-electron chi connectivity index (χ3n) is 2.70. The van der Waals surface area contributed by atoms with Crippen LogP contribution in [0.4, 0.5) is 0 Å². The molecule has 1 nitrogen and oxygen atoms in total. The predicted octanol–water partition coefficient (Wildman–Crippen LogP) is 5.68. The van der Waals surface area contributed by atoms with E-state index in [4.69, 9.17) is 4.74 Å². The highest BCUT2D eigenvalue weighted by Gasteiger charge is 2.26. The van der Waals surface area contributed by atoms with Crippen molar-refractivity contribution in [2.75, 3.05) is 6.61 Å². The number of halogens is 1. The minimum absolute atomic E-state index is 0.0384. The Kier molecular flexibility index (Phi) is 10.4. The molecule has 0 fully saturated rings. The number of ether oxygens (including phenoxy) is 1. The fourth-order valence-corrected chi connectivity index (χ4v) is 3.89. The average Bonchev–Trinajstić information content (AvgIpc) is 2.38. The van der Waals surface area contributed by atoms with Gasteiger partial charge in [0.05, 0.1) is 6.61 Å². The summed E-state index contributed by atoms with van der Waals surface area (Å²) in [7, 11) is 1.78. The highest BCUT2D eigenvalue weighted by molar-refractivity contribution is 14.2. The predicted molar refractivity (Wildman–Crippen MR) is 88.6 cm³/mol. The van der Waals surface area contributed by atoms with E-state index >= 15 is 0 Å². The molecule has 0 rings (SSSR count). The van der Waals surface area contributed by atoms with Crippen molar-refractivity contribution in [1.82, 2.24) is 0 Å². The minimum Gasteiger partial charge on any atom is -0.359 e. The molecule has 0 unspecified atom stereocenters. The van der Waals surface area contributed by atoms with Crippen molar-refractivity contribution in [3.8, 4) is 0 Å². The van der Waals surface area contributed by atoms with Crippen molar-refractivity contribution in [2.45, 2.75) is 45.5 Å². The number of hydrogen-bond donors (Lipinski definition) is 0. The van der Waals surface area contributed by atoms with Gasteiger partial charge in [-0.1, -0.05) is 53.2 Å². The van der Waals surface area contributed by atoms with Crippen LogP contribution in [-0.2, 0) is 4.74 Å². The molecule has 0 bridgehead atoms. The van der Waals surface area contributed by atoms with E-state index < -0.39 is 0 Å². The lowest BCUT2D eigenvalue weighted by molar-refractivity contribution is 0.0376. The Balaban J connectivity index is 4.41. The van der Waals surface area contributed by atoms with Crippen LogP contribution in [-0.4, -0.2) is 11.5 Å². The van der Waals surface area contributed by atoms with E-state index in [-0.39, 0.29) is 4.93 Å². The summed E-state index contributed by atoms with van der Waals surface area (Å²) in [6, 6.07) is 0. The lowest BCUT2D eigenvalue weighted by Gasteiger charge is -2.28. The lowest BCUT2D eigenvalue weighted by atomic mass is 10.2. The molecule has 0 aliphatic heterocycles. The summed E-state index contributed by atoms with van der Waals surface area (Å²) in [5.41, 5.74) is 1.22. The molecular weight excluding hydrogens is 343 g/mol. The monoisotopic (exact) mass is 366 g/mol. The van der Waals surface area contributed by atoms with Gasteiger partial charge in [-0.3, -0.25) is 0 Å². The topological polar surface area (TPSA) is 9.23 Å². The van der Waals surface area contributed by atoms with Gasteiger partial charge < -0.3 is 4.74 Å². The summed E-state index contributed by atoms with van der Waals surface area (Å²) in [6.45, 7) is 9.11. The van der Waals surface area contributed by atoms with E-state index in [0.29, 0.717) is 6.61 Å². The first-order chi connectivity index (χ1) is 8.17. The largest absolute Gasteiger partial charge is 0.359 e. The maximum atomic E-state index is 6.07. The van der Waals surface area contributed by atoms with Gasteiger partial charge in [0.15, 0.2) is 0 Å². The van der Waals surface area contributed by atoms with E-state index in [2.05, 4.69) is 60.2 Å². The molecule has 98 valence electrons. The summed E-state index contributed by atoms with van der Waals surface area (Å²) in [5, 5.41) is 0. The Morgan fingerprint density at radius 2 is 1.88 bits per heavy atom. The summed E-state index contributed by atoms with van der Waals surface area (Å²) in [4.78, 5) is -0.0384. The highest BCUT2D eigenvalue weighted by atomic mass is 127. The van der Waals surface area contributed by atoms with Crippen LogP contribution in [0.5, 0.6) is 0 Å². The summed E-state index contributed by atoms with van der Waals surface area (Å²) < 4.78 is 6.07. The summed E-state index contributed by atoms with van der Waals surface area (Å²) >= 11 is 2.34. The second-order valence-electron chi connectivity index (χ2n) is 3.73. The minimum atomic E-state index is -0.0384. The van der Waals surface area contributed by atoms with E-state index in [1.165, 1.54) is 5.57 Å². The normalized spacial score (nSPS) is 14.1. The van der Waals surface area contributed by atoms with Crippen LogP contribution < -0.4 is 0 Å². The molecule has 0 heterocycles. The Bertz CT molecular complexity index is 270. The molecule has 0 saturated carbocycles. The first-order valence-corrected chi connectivity index (χ1v) is 9.42. The number of allylic oxidation sites excluding steroid dienone is 4. The third-order valence-corrected chi connectivity index (χ3v) is 6.09. The van der Waals surface area contributed by atoms with Gasteiger partial charge in [0, 0.05) is 0 Å². The Morgan fingerprint density at radius 1 is 1.24 bits per heavy atom. The third kappa shape index (κ3) is 6.67.